The van der Waals surface area contributed by atoms with Gasteiger partial charge in [-0.15, -0.1) is 0 Å². The number of aromatic nitrogens is 1. The molecule has 0 amide bonds. The van der Waals surface area contributed by atoms with Gasteiger partial charge in [-0.05, 0) is 64.9 Å². The lowest BCUT2D eigenvalue weighted by atomic mass is 9.90. The summed E-state index contributed by atoms with van der Waals surface area (Å²) in [6, 6.07) is 14.6. The van der Waals surface area contributed by atoms with E-state index in [1.807, 2.05) is 55.5 Å². The molecule has 0 fully saturated rings. The number of esters is 1. The first-order chi connectivity index (χ1) is 18.0. The third-order valence-corrected chi connectivity index (χ3v) is 7.75. The maximum Gasteiger partial charge on any atom is 0.338 e. The number of ether oxygens (including phenoxy) is 2. The molecule has 2 aromatic heterocycles. The van der Waals surface area contributed by atoms with Crippen molar-refractivity contribution < 1.29 is 18.7 Å². The Morgan fingerprint density at radius 1 is 1.19 bits per heavy atom. The van der Waals surface area contributed by atoms with Gasteiger partial charge in [0.05, 0.1) is 29.5 Å². The van der Waals surface area contributed by atoms with Crippen LogP contribution in [0.15, 0.2) is 74.0 Å². The number of carbonyl (C=O) groups excluding carboxylic acids is 1. The van der Waals surface area contributed by atoms with Crippen molar-refractivity contribution in [2.75, 3.05) is 13.7 Å². The molecule has 0 radical (unpaired) electrons. The third-order valence-electron chi connectivity index (χ3n) is 6.18. The summed E-state index contributed by atoms with van der Waals surface area (Å²) in [6.07, 6.45) is 3.07. The first-order valence-corrected chi connectivity index (χ1v) is 13.9. The van der Waals surface area contributed by atoms with Gasteiger partial charge in [-0.3, -0.25) is 9.36 Å². The Balaban J connectivity index is 1.89. The van der Waals surface area contributed by atoms with E-state index in [1.54, 1.807) is 24.7 Å². The minimum Gasteiger partial charge on any atom is -0.496 e. The second-order valence-corrected chi connectivity index (χ2v) is 10.5. The summed E-state index contributed by atoms with van der Waals surface area (Å²) in [5.74, 6) is 0.676. The lowest BCUT2D eigenvalue weighted by molar-refractivity contribution is -0.139. The van der Waals surface area contributed by atoms with E-state index >= 15 is 0 Å². The molecule has 37 heavy (non-hydrogen) atoms. The maximum absolute atomic E-state index is 14.0. The summed E-state index contributed by atoms with van der Waals surface area (Å²) >= 11 is 3.37. The topological polar surface area (TPSA) is 83.0 Å². The lowest BCUT2D eigenvalue weighted by Gasteiger charge is -2.28. The van der Waals surface area contributed by atoms with Gasteiger partial charge in [0.25, 0.3) is 5.56 Å². The zero-order valence-corrected chi connectivity index (χ0v) is 23.6. The van der Waals surface area contributed by atoms with Crippen LogP contribution in [-0.4, -0.2) is 24.3 Å². The summed E-state index contributed by atoms with van der Waals surface area (Å²) in [5, 5.41) is 1.87. The molecule has 0 spiro atoms. The van der Waals surface area contributed by atoms with Crippen molar-refractivity contribution in [1.82, 2.24) is 4.57 Å². The van der Waals surface area contributed by atoms with E-state index in [2.05, 4.69) is 22.6 Å². The van der Waals surface area contributed by atoms with E-state index in [9.17, 15) is 9.59 Å². The zero-order chi connectivity index (χ0) is 26.1. The van der Waals surface area contributed by atoms with Crippen LogP contribution in [0, 0.1) is 3.77 Å². The normalized spacial score (nSPS) is 15.6. The number of halogens is 1. The quantitative estimate of drug-likeness (QED) is 0.214. The molecule has 3 heterocycles. The molecule has 7 nitrogen and oxygen atoms in total. The van der Waals surface area contributed by atoms with Crippen molar-refractivity contribution in [2.24, 2.45) is 4.99 Å². The Morgan fingerprint density at radius 2 is 2.00 bits per heavy atom. The van der Waals surface area contributed by atoms with Crippen LogP contribution in [0.5, 0.6) is 5.75 Å². The number of fused-ring (bicyclic) bond motifs is 2. The van der Waals surface area contributed by atoms with Crippen LogP contribution in [-0.2, 0) is 9.53 Å². The van der Waals surface area contributed by atoms with Gasteiger partial charge in [-0.1, -0.05) is 55.0 Å². The first kappa shape index (κ1) is 25.5. The molecule has 4 aromatic rings. The highest BCUT2D eigenvalue weighted by Crippen LogP contribution is 2.41. The SMILES string of the molecule is CCCC1=C(C(=O)OCC)C(c2c(OC)ccc3ccccc23)n2c(sc(=Cc3ccc(I)o3)c2=O)=N1. The number of allylic oxidation sites excluding steroid dienone is 1. The van der Waals surface area contributed by atoms with Crippen LogP contribution >= 0.6 is 33.9 Å². The van der Waals surface area contributed by atoms with E-state index in [1.165, 1.54) is 11.3 Å². The molecule has 190 valence electrons. The van der Waals surface area contributed by atoms with Crippen LogP contribution in [0.4, 0.5) is 0 Å². The van der Waals surface area contributed by atoms with Gasteiger partial charge in [0.15, 0.2) is 8.57 Å². The molecular formula is C28H25IN2O5S. The standard InChI is InChI=1S/C28H25IN2O5S/c1-4-8-19-24(27(33)35-5-2)25(23-18-10-7-6-9-16(18)11-13-20(23)34-3)31-26(32)21(37-28(31)30-19)15-17-12-14-22(29)36-17/h6-7,9-15,25H,4-5,8H2,1-3H3. The van der Waals surface area contributed by atoms with Crippen molar-refractivity contribution in [3.63, 3.8) is 0 Å². The van der Waals surface area contributed by atoms with E-state index in [0.29, 0.717) is 38.5 Å². The van der Waals surface area contributed by atoms with E-state index < -0.39 is 12.0 Å². The van der Waals surface area contributed by atoms with E-state index in [0.717, 1.165) is 26.5 Å². The molecule has 0 saturated carbocycles. The smallest absolute Gasteiger partial charge is 0.338 e. The van der Waals surface area contributed by atoms with Gasteiger partial charge in [0, 0.05) is 11.6 Å². The van der Waals surface area contributed by atoms with Crippen molar-refractivity contribution in [3.05, 3.63) is 94.6 Å². The number of carbonyl (C=O) groups is 1. The lowest BCUT2D eigenvalue weighted by Crippen LogP contribution is -2.40. The van der Waals surface area contributed by atoms with Gasteiger partial charge in [0.1, 0.15) is 17.6 Å². The van der Waals surface area contributed by atoms with Gasteiger partial charge < -0.3 is 13.9 Å². The molecule has 5 rings (SSSR count). The minimum atomic E-state index is -0.767. The summed E-state index contributed by atoms with van der Waals surface area (Å²) in [7, 11) is 1.59. The average Bonchev–Trinajstić information content (AvgIpc) is 3.44. The molecule has 0 N–H and O–H groups in total. The van der Waals surface area contributed by atoms with E-state index in [4.69, 9.17) is 18.9 Å². The first-order valence-electron chi connectivity index (χ1n) is 12.0. The van der Waals surface area contributed by atoms with Gasteiger partial charge in [-0.25, -0.2) is 9.79 Å². The predicted octanol–water partition coefficient (Wildman–Crippen LogP) is 4.94. The van der Waals surface area contributed by atoms with Crippen LogP contribution in [0.3, 0.4) is 0 Å². The zero-order valence-electron chi connectivity index (χ0n) is 20.6. The van der Waals surface area contributed by atoms with Crippen LogP contribution in [0.2, 0.25) is 0 Å². The Kier molecular flexibility index (Phi) is 7.34. The highest BCUT2D eigenvalue weighted by molar-refractivity contribution is 14.1. The Labute approximate surface area is 230 Å². The second kappa shape index (κ2) is 10.7. The summed E-state index contributed by atoms with van der Waals surface area (Å²) in [5.41, 5.74) is 1.46. The van der Waals surface area contributed by atoms with Crippen molar-refractivity contribution in [1.29, 1.82) is 0 Å². The Hall–Kier alpha value is -3.18. The minimum absolute atomic E-state index is 0.211. The monoisotopic (exact) mass is 628 g/mol. The molecule has 1 aliphatic rings. The fourth-order valence-electron chi connectivity index (χ4n) is 4.66. The Bertz CT molecular complexity index is 1710. The third kappa shape index (κ3) is 4.66. The van der Waals surface area contributed by atoms with Crippen LogP contribution < -0.4 is 19.6 Å². The Morgan fingerprint density at radius 3 is 2.70 bits per heavy atom. The molecular weight excluding hydrogens is 603 g/mol. The second-order valence-electron chi connectivity index (χ2n) is 8.46. The van der Waals surface area contributed by atoms with Crippen LogP contribution in [0.1, 0.15) is 44.1 Å². The molecule has 9 heteroatoms. The maximum atomic E-state index is 14.0. The molecule has 0 saturated heterocycles. The summed E-state index contributed by atoms with van der Waals surface area (Å²) in [6.45, 7) is 4.01. The van der Waals surface area contributed by atoms with Crippen LogP contribution in [0.25, 0.3) is 16.8 Å². The molecule has 0 bridgehead atoms. The fraction of sp³-hybridized carbons (Fsp3) is 0.250. The number of benzene rings is 2. The highest BCUT2D eigenvalue weighted by atomic mass is 127. The molecule has 1 aliphatic heterocycles. The summed E-state index contributed by atoms with van der Waals surface area (Å²) < 4.78 is 19.8. The number of methoxy groups -OCH3 is 1. The average molecular weight is 628 g/mol. The van der Waals surface area contributed by atoms with Crippen molar-refractivity contribution in [2.45, 2.75) is 32.7 Å². The number of hydrogen-bond acceptors (Lipinski definition) is 7. The van der Waals surface area contributed by atoms with Crippen molar-refractivity contribution in [3.8, 4) is 5.75 Å². The number of nitrogens with zero attached hydrogens (tertiary/aromatic N) is 2. The molecule has 1 atom stereocenters. The number of furan rings is 1. The molecule has 2 aromatic carbocycles. The number of thiazole rings is 1. The van der Waals surface area contributed by atoms with Gasteiger partial charge >= 0.3 is 5.97 Å². The fourth-order valence-corrected chi connectivity index (χ4v) is 6.10. The van der Waals surface area contributed by atoms with E-state index in [-0.39, 0.29) is 12.2 Å². The highest BCUT2D eigenvalue weighted by Gasteiger charge is 2.37. The number of rotatable bonds is 7. The van der Waals surface area contributed by atoms with Crippen molar-refractivity contribution >= 4 is 56.7 Å². The van der Waals surface area contributed by atoms with Gasteiger partial charge in [0.2, 0.25) is 0 Å². The molecule has 1 unspecified atom stereocenters. The largest absolute Gasteiger partial charge is 0.496 e. The number of hydrogen-bond donors (Lipinski definition) is 0. The molecule has 0 aliphatic carbocycles. The summed E-state index contributed by atoms with van der Waals surface area (Å²) in [4.78, 5) is 32.8. The predicted molar refractivity (Wildman–Crippen MR) is 152 cm³/mol. The van der Waals surface area contributed by atoms with Gasteiger partial charge in [-0.2, -0.15) is 0 Å².